The Kier molecular flexibility index (Phi) is 13.7. The Balaban J connectivity index is 1.35. The second kappa shape index (κ2) is 19.0. The van der Waals surface area contributed by atoms with E-state index in [2.05, 4.69) is 31.2 Å². The summed E-state index contributed by atoms with van der Waals surface area (Å²) in [4.78, 5) is 61.5. The number of carbonyl (C=O) groups excluding carboxylic acids is 4. The van der Waals surface area contributed by atoms with Crippen molar-refractivity contribution in [2.45, 2.75) is 70.5 Å². The average Bonchev–Trinajstić information content (AvgIpc) is 3.69. The first-order valence-electron chi connectivity index (χ1n) is 17.7. The number of hydrogen-bond donors (Lipinski definition) is 6. The second-order valence-corrected chi connectivity index (χ2v) is 13.3. The maximum absolute atomic E-state index is 14.2. The first kappa shape index (κ1) is 38.2. The Hall–Kier alpha value is -6.01. The van der Waals surface area contributed by atoms with Crippen LogP contribution in [0.25, 0.3) is 10.8 Å². The zero-order valence-corrected chi connectivity index (χ0v) is 29.8. The van der Waals surface area contributed by atoms with Gasteiger partial charge in [-0.15, -0.1) is 0 Å². The van der Waals surface area contributed by atoms with Gasteiger partial charge in [0, 0.05) is 25.6 Å². The molecule has 0 aliphatic carbocycles. The van der Waals surface area contributed by atoms with Crippen LogP contribution in [0, 0.1) is 5.92 Å². The molecule has 1 aromatic heterocycles. The summed E-state index contributed by atoms with van der Waals surface area (Å²) in [5.41, 5.74) is 2.93. The number of alkyl carbamates (subject to hydrolysis) is 1. The highest BCUT2D eigenvalue weighted by molar-refractivity contribution is 5.93. The fourth-order valence-corrected chi connectivity index (χ4v) is 6.03. The molecule has 0 radical (unpaired) electrons. The second-order valence-electron chi connectivity index (χ2n) is 13.3. The van der Waals surface area contributed by atoms with Crippen molar-refractivity contribution in [2.75, 3.05) is 0 Å². The molecular formula is C41H46N6O6. The first-order valence-corrected chi connectivity index (χ1v) is 17.7. The monoisotopic (exact) mass is 718 g/mol. The lowest BCUT2D eigenvalue weighted by molar-refractivity contribution is -0.134. The minimum Gasteiger partial charge on any atom is -0.445 e. The van der Waals surface area contributed by atoms with Crippen LogP contribution in [0.5, 0.6) is 0 Å². The van der Waals surface area contributed by atoms with E-state index in [-0.39, 0.29) is 38.3 Å². The van der Waals surface area contributed by atoms with Gasteiger partial charge in [-0.1, -0.05) is 117 Å². The van der Waals surface area contributed by atoms with E-state index in [1.165, 1.54) is 6.33 Å². The van der Waals surface area contributed by atoms with Crippen molar-refractivity contribution in [2.24, 2.45) is 5.92 Å². The molecule has 0 spiro atoms. The first-order chi connectivity index (χ1) is 25.7. The molecule has 5 aromatic rings. The summed E-state index contributed by atoms with van der Waals surface area (Å²) in [7, 11) is 0. The van der Waals surface area contributed by atoms with Gasteiger partial charge >= 0.3 is 6.09 Å². The molecule has 1 heterocycles. The molecule has 0 bridgehead atoms. The predicted molar refractivity (Wildman–Crippen MR) is 201 cm³/mol. The lowest BCUT2D eigenvalue weighted by Crippen LogP contribution is -2.58. The fourth-order valence-electron chi connectivity index (χ4n) is 6.03. The van der Waals surface area contributed by atoms with Gasteiger partial charge in [0.05, 0.1) is 18.1 Å². The van der Waals surface area contributed by atoms with Crippen LogP contribution in [0.4, 0.5) is 4.79 Å². The van der Waals surface area contributed by atoms with Gasteiger partial charge < -0.3 is 36.1 Å². The molecule has 0 saturated heterocycles. The van der Waals surface area contributed by atoms with Crippen molar-refractivity contribution in [3.05, 3.63) is 138 Å². The molecule has 5 rings (SSSR count). The minimum atomic E-state index is -1.56. The number of rotatable bonds is 17. The number of aromatic nitrogens is 2. The maximum atomic E-state index is 14.2. The van der Waals surface area contributed by atoms with E-state index >= 15 is 0 Å². The summed E-state index contributed by atoms with van der Waals surface area (Å²) in [6.45, 7) is 4.03. The number of nitrogens with one attached hydrogen (secondary N) is 5. The molecule has 0 aliphatic rings. The lowest BCUT2D eigenvalue weighted by atomic mass is 9.97. The summed E-state index contributed by atoms with van der Waals surface area (Å²) >= 11 is 0. The van der Waals surface area contributed by atoms with Crippen molar-refractivity contribution in [3.63, 3.8) is 0 Å². The van der Waals surface area contributed by atoms with Gasteiger partial charge in [-0.05, 0) is 39.8 Å². The summed E-state index contributed by atoms with van der Waals surface area (Å²) < 4.78 is 5.47. The van der Waals surface area contributed by atoms with Crippen LogP contribution < -0.4 is 21.3 Å². The standard InChI is InChI=1S/C41H46N6O6/c1-27(2)20-34(37(48)40(51)43-23-28-12-5-3-6-13-28)45-39(50)36(22-32-24-42-26-44-32)46-38(49)35(47-41(52)53-25-29-14-7-4-8-15-29)21-31-18-11-17-30-16-9-10-19-33(30)31/h3-19,24,26-27,34-37,48H,20-23,25H2,1-2H3,(H,42,44)(H,43,51)(H,45,50)(H,46,49)(H,47,52)/t34-,35+,36-,37-/m0/s1. The van der Waals surface area contributed by atoms with Crippen molar-refractivity contribution in [1.82, 2.24) is 31.2 Å². The van der Waals surface area contributed by atoms with Crippen molar-refractivity contribution >= 4 is 34.6 Å². The average molecular weight is 719 g/mol. The zero-order valence-electron chi connectivity index (χ0n) is 29.8. The van der Waals surface area contributed by atoms with Crippen LogP contribution in [-0.4, -0.2) is 63.1 Å². The Morgan fingerprint density at radius 1 is 0.736 bits per heavy atom. The Morgan fingerprint density at radius 3 is 2.08 bits per heavy atom. The number of aliphatic hydroxyl groups is 1. The summed E-state index contributed by atoms with van der Waals surface area (Å²) in [5, 5.41) is 24.1. The quantitative estimate of drug-likeness (QED) is 0.0830. The highest BCUT2D eigenvalue weighted by Gasteiger charge is 2.33. The Bertz CT molecular complexity index is 1930. The molecular weight excluding hydrogens is 672 g/mol. The number of imidazole rings is 1. The number of hydrogen-bond acceptors (Lipinski definition) is 7. The van der Waals surface area contributed by atoms with Crippen LogP contribution in [0.2, 0.25) is 0 Å². The minimum absolute atomic E-state index is 0.00202. The van der Waals surface area contributed by atoms with E-state index in [0.717, 1.165) is 27.5 Å². The maximum Gasteiger partial charge on any atom is 0.408 e. The van der Waals surface area contributed by atoms with Gasteiger partial charge in [0.15, 0.2) is 6.10 Å². The third-order valence-corrected chi connectivity index (χ3v) is 8.74. The third kappa shape index (κ3) is 11.5. The van der Waals surface area contributed by atoms with Crippen LogP contribution in [0.1, 0.15) is 42.7 Å². The summed E-state index contributed by atoms with van der Waals surface area (Å²) in [6.07, 6.45) is 1.08. The zero-order chi connectivity index (χ0) is 37.6. The number of aliphatic hydroxyl groups excluding tert-OH is 1. The molecule has 6 N–H and O–H groups in total. The molecule has 4 aromatic carbocycles. The van der Waals surface area contributed by atoms with Gasteiger partial charge in [-0.3, -0.25) is 14.4 Å². The number of fused-ring (bicyclic) bond motifs is 1. The normalized spacial score (nSPS) is 13.4. The van der Waals surface area contributed by atoms with Crippen molar-refractivity contribution in [3.8, 4) is 0 Å². The van der Waals surface area contributed by atoms with Gasteiger partial charge in [0.25, 0.3) is 5.91 Å². The Morgan fingerprint density at radius 2 is 1.38 bits per heavy atom. The molecule has 0 unspecified atom stereocenters. The molecule has 0 aliphatic heterocycles. The van der Waals surface area contributed by atoms with E-state index in [9.17, 15) is 24.3 Å². The third-order valence-electron chi connectivity index (χ3n) is 8.74. The van der Waals surface area contributed by atoms with Crippen molar-refractivity contribution < 1.29 is 29.0 Å². The van der Waals surface area contributed by atoms with Gasteiger partial charge in [0.1, 0.15) is 18.7 Å². The number of aromatic amines is 1. The number of benzene rings is 4. The number of nitrogens with zero attached hydrogens (tertiary/aromatic N) is 1. The number of H-pyrrole nitrogens is 1. The SMILES string of the molecule is CC(C)C[C@H](NC(=O)[C@H](Cc1c[nH]cn1)NC(=O)[C@@H](Cc1cccc2ccccc12)NC(=O)OCc1ccccc1)[C@H](O)C(=O)NCc1ccccc1. The molecule has 12 nitrogen and oxygen atoms in total. The van der Waals surface area contributed by atoms with E-state index in [4.69, 9.17) is 4.74 Å². The topological polar surface area (TPSA) is 175 Å². The van der Waals surface area contributed by atoms with E-state index < -0.39 is 48.0 Å². The fraction of sp³-hybridized carbons (Fsp3) is 0.293. The van der Waals surface area contributed by atoms with Crippen LogP contribution in [0.15, 0.2) is 116 Å². The molecule has 276 valence electrons. The Labute approximate surface area is 308 Å². The molecule has 0 fully saturated rings. The lowest BCUT2D eigenvalue weighted by Gasteiger charge is -2.28. The molecule has 4 atom stereocenters. The number of carbonyl (C=O) groups is 4. The largest absolute Gasteiger partial charge is 0.445 e. The van der Waals surface area contributed by atoms with E-state index in [0.29, 0.717) is 5.69 Å². The molecule has 0 saturated carbocycles. The van der Waals surface area contributed by atoms with Crippen LogP contribution >= 0.6 is 0 Å². The molecule has 12 heteroatoms. The highest BCUT2D eigenvalue weighted by Crippen LogP contribution is 2.20. The molecule has 4 amide bonds. The summed E-state index contributed by atoms with van der Waals surface area (Å²) in [6, 6.07) is 28.6. The van der Waals surface area contributed by atoms with Crippen molar-refractivity contribution in [1.29, 1.82) is 0 Å². The number of ether oxygens (including phenoxy) is 1. The number of amides is 4. The van der Waals surface area contributed by atoms with Crippen LogP contribution in [0.3, 0.4) is 0 Å². The van der Waals surface area contributed by atoms with Gasteiger partial charge in [0.2, 0.25) is 11.8 Å². The van der Waals surface area contributed by atoms with Gasteiger partial charge in [-0.2, -0.15) is 0 Å². The predicted octanol–water partition coefficient (Wildman–Crippen LogP) is 4.34. The highest BCUT2D eigenvalue weighted by atomic mass is 16.5. The summed E-state index contributed by atoms with van der Waals surface area (Å²) in [5.74, 6) is -1.89. The van der Waals surface area contributed by atoms with Gasteiger partial charge in [-0.25, -0.2) is 9.78 Å². The smallest absolute Gasteiger partial charge is 0.408 e. The van der Waals surface area contributed by atoms with E-state index in [1.807, 2.05) is 117 Å². The van der Waals surface area contributed by atoms with Crippen LogP contribution in [-0.2, 0) is 45.1 Å². The molecule has 53 heavy (non-hydrogen) atoms. The van der Waals surface area contributed by atoms with E-state index in [1.54, 1.807) is 6.20 Å².